The molecule has 0 radical (unpaired) electrons. The Morgan fingerprint density at radius 1 is 1.09 bits per heavy atom. The van der Waals surface area contributed by atoms with Crippen LogP contribution in [0.2, 0.25) is 0 Å². The van der Waals surface area contributed by atoms with E-state index < -0.39 is 0 Å². The normalized spacial score (nSPS) is 13.6. The minimum absolute atomic E-state index is 0.907. The van der Waals surface area contributed by atoms with Gasteiger partial charge in [0, 0.05) is 6.42 Å². The van der Waals surface area contributed by atoms with Crippen molar-refractivity contribution >= 4 is 5.57 Å². The third-order valence-corrected chi connectivity index (χ3v) is 1.77. The third kappa shape index (κ3) is 1.18. The summed E-state index contributed by atoms with van der Waals surface area (Å²) >= 11 is 0. The second kappa shape index (κ2) is 2.64. The summed E-state index contributed by atoms with van der Waals surface area (Å²) in [5, 5.41) is 0. The maximum absolute atomic E-state index is 3.03. The van der Waals surface area contributed by atoms with Gasteiger partial charge in [0.1, 0.15) is 0 Å². The summed E-state index contributed by atoms with van der Waals surface area (Å²) in [5.74, 6) is 5.99. The number of allylic oxidation sites excluding steroid dienone is 2. The minimum Gasteiger partial charge on any atom is -0.0937 e. The van der Waals surface area contributed by atoms with E-state index in [-0.39, 0.29) is 0 Å². The molecule has 0 amide bonds. The van der Waals surface area contributed by atoms with Gasteiger partial charge in [0.05, 0.1) is 0 Å². The van der Waals surface area contributed by atoms with Crippen LogP contribution >= 0.6 is 0 Å². The predicted octanol–water partition coefficient (Wildman–Crippen LogP) is 2.48. The Morgan fingerprint density at radius 3 is 2.55 bits per heavy atom. The SMILES string of the molecule is C1#CCC(c2ccccc2)=C1. The number of hydrogen-bond acceptors (Lipinski definition) is 0. The van der Waals surface area contributed by atoms with Crippen LogP contribution in [0.15, 0.2) is 36.4 Å². The molecule has 1 aliphatic rings. The second-order valence-electron chi connectivity index (χ2n) is 2.53. The molecule has 0 heterocycles. The highest BCUT2D eigenvalue weighted by Gasteiger charge is 1.99. The molecular formula is C11H8. The molecule has 0 bridgehead atoms. The van der Waals surface area contributed by atoms with Crippen LogP contribution in [0.25, 0.3) is 5.57 Å². The molecule has 0 fully saturated rings. The lowest BCUT2D eigenvalue weighted by Gasteiger charge is -1.98. The fourth-order valence-corrected chi connectivity index (χ4v) is 1.17. The van der Waals surface area contributed by atoms with Gasteiger partial charge in [-0.1, -0.05) is 42.2 Å². The molecule has 11 heavy (non-hydrogen) atoms. The summed E-state index contributed by atoms with van der Waals surface area (Å²) in [6.07, 6.45) is 2.90. The highest BCUT2D eigenvalue weighted by atomic mass is 14.0. The van der Waals surface area contributed by atoms with Gasteiger partial charge in [-0.25, -0.2) is 0 Å². The monoisotopic (exact) mass is 140 g/mol. The van der Waals surface area contributed by atoms with Crippen molar-refractivity contribution in [1.29, 1.82) is 0 Å². The molecule has 0 nitrogen and oxygen atoms in total. The molecule has 0 aliphatic heterocycles. The van der Waals surface area contributed by atoms with Gasteiger partial charge in [-0.05, 0) is 17.2 Å². The molecule has 0 saturated carbocycles. The van der Waals surface area contributed by atoms with Crippen LogP contribution in [0.1, 0.15) is 12.0 Å². The Bertz CT molecular complexity index is 333. The van der Waals surface area contributed by atoms with E-state index in [0.29, 0.717) is 0 Å². The van der Waals surface area contributed by atoms with Gasteiger partial charge in [0.2, 0.25) is 0 Å². The van der Waals surface area contributed by atoms with Gasteiger partial charge < -0.3 is 0 Å². The molecule has 0 heteroatoms. The Labute approximate surface area is 66.6 Å². The molecule has 1 aromatic rings. The van der Waals surface area contributed by atoms with Crippen LogP contribution in [0, 0.1) is 11.8 Å². The molecule has 0 aromatic heterocycles. The summed E-state index contributed by atoms with van der Waals surface area (Å²) in [6, 6.07) is 10.4. The molecule has 0 spiro atoms. The Balaban J connectivity index is 2.34. The third-order valence-electron chi connectivity index (χ3n) is 1.77. The zero-order valence-corrected chi connectivity index (χ0v) is 6.17. The zero-order chi connectivity index (χ0) is 7.52. The van der Waals surface area contributed by atoms with Crippen molar-refractivity contribution in [3.8, 4) is 11.8 Å². The molecule has 52 valence electrons. The topological polar surface area (TPSA) is 0 Å². The highest BCUT2D eigenvalue weighted by molar-refractivity contribution is 5.72. The maximum Gasteiger partial charge on any atom is 0.0356 e. The Kier molecular flexibility index (Phi) is 1.50. The van der Waals surface area contributed by atoms with Crippen molar-refractivity contribution in [3.63, 3.8) is 0 Å². The van der Waals surface area contributed by atoms with Crippen molar-refractivity contribution in [2.75, 3.05) is 0 Å². The first-order valence-corrected chi connectivity index (χ1v) is 3.70. The minimum atomic E-state index is 0.907. The molecule has 1 aliphatic carbocycles. The first-order chi connectivity index (χ1) is 5.47. The molecule has 0 N–H and O–H groups in total. The number of benzene rings is 1. The molecule has 2 rings (SSSR count). The van der Waals surface area contributed by atoms with Gasteiger partial charge in [-0.2, -0.15) is 0 Å². The largest absolute Gasteiger partial charge is 0.0937 e. The number of rotatable bonds is 1. The number of hydrogen-bond donors (Lipinski definition) is 0. The van der Waals surface area contributed by atoms with E-state index in [1.165, 1.54) is 11.1 Å². The smallest absolute Gasteiger partial charge is 0.0356 e. The lowest BCUT2D eigenvalue weighted by atomic mass is 10.1. The van der Waals surface area contributed by atoms with Crippen molar-refractivity contribution in [2.45, 2.75) is 6.42 Å². The molecule has 0 atom stereocenters. The highest BCUT2D eigenvalue weighted by Crippen LogP contribution is 2.18. The zero-order valence-electron chi connectivity index (χ0n) is 6.17. The lowest BCUT2D eigenvalue weighted by molar-refractivity contribution is 1.47. The molecular weight excluding hydrogens is 132 g/mol. The van der Waals surface area contributed by atoms with Crippen molar-refractivity contribution < 1.29 is 0 Å². The molecule has 0 unspecified atom stereocenters. The van der Waals surface area contributed by atoms with Gasteiger partial charge >= 0.3 is 0 Å². The van der Waals surface area contributed by atoms with Gasteiger partial charge in [0.25, 0.3) is 0 Å². The van der Waals surface area contributed by atoms with E-state index in [2.05, 4.69) is 36.1 Å². The first kappa shape index (κ1) is 6.24. The quantitative estimate of drug-likeness (QED) is 0.526. The van der Waals surface area contributed by atoms with Crippen LogP contribution in [0.3, 0.4) is 0 Å². The van der Waals surface area contributed by atoms with E-state index in [1.54, 1.807) is 0 Å². The van der Waals surface area contributed by atoms with Gasteiger partial charge in [0.15, 0.2) is 0 Å². The lowest BCUT2D eigenvalue weighted by Crippen LogP contribution is -1.78. The van der Waals surface area contributed by atoms with E-state index in [1.807, 2.05) is 12.1 Å². The summed E-state index contributed by atoms with van der Waals surface area (Å²) in [5.41, 5.74) is 2.59. The fraction of sp³-hybridized carbons (Fsp3) is 0.0909. The van der Waals surface area contributed by atoms with E-state index >= 15 is 0 Å². The van der Waals surface area contributed by atoms with Crippen LogP contribution < -0.4 is 0 Å². The van der Waals surface area contributed by atoms with E-state index in [9.17, 15) is 0 Å². The average molecular weight is 140 g/mol. The van der Waals surface area contributed by atoms with Crippen molar-refractivity contribution in [3.05, 3.63) is 42.0 Å². The first-order valence-electron chi connectivity index (χ1n) is 3.70. The van der Waals surface area contributed by atoms with Crippen LogP contribution in [0.5, 0.6) is 0 Å². The second-order valence-corrected chi connectivity index (χ2v) is 2.53. The summed E-state index contributed by atoms with van der Waals surface area (Å²) < 4.78 is 0. The van der Waals surface area contributed by atoms with Crippen LogP contribution in [-0.4, -0.2) is 0 Å². The fourth-order valence-electron chi connectivity index (χ4n) is 1.17. The standard InChI is InChI=1S/C11H8/c1-2-6-10(7-3-1)11-8-4-5-9-11/h1-3,6-8H,9H2. The predicted molar refractivity (Wildman–Crippen MR) is 46.8 cm³/mol. The average Bonchev–Trinajstić information content (AvgIpc) is 2.58. The molecule has 0 saturated heterocycles. The van der Waals surface area contributed by atoms with Gasteiger partial charge in [-0.3, -0.25) is 0 Å². The Morgan fingerprint density at radius 2 is 1.91 bits per heavy atom. The van der Waals surface area contributed by atoms with Crippen LogP contribution in [0.4, 0.5) is 0 Å². The Hall–Kier alpha value is -1.48. The van der Waals surface area contributed by atoms with Gasteiger partial charge in [-0.15, -0.1) is 0 Å². The van der Waals surface area contributed by atoms with E-state index in [4.69, 9.17) is 0 Å². The molecule has 1 aromatic carbocycles. The summed E-state index contributed by atoms with van der Waals surface area (Å²) in [7, 11) is 0. The van der Waals surface area contributed by atoms with E-state index in [0.717, 1.165) is 6.42 Å². The van der Waals surface area contributed by atoms with Crippen LogP contribution in [-0.2, 0) is 0 Å². The summed E-state index contributed by atoms with van der Waals surface area (Å²) in [4.78, 5) is 0. The van der Waals surface area contributed by atoms with Crippen molar-refractivity contribution in [1.82, 2.24) is 0 Å². The van der Waals surface area contributed by atoms with Crippen molar-refractivity contribution in [2.24, 2.45) is 0 Å². The maximum atomic E-state index is 3.03. The summed E-state index contributed by atoms with van der Waals surface area (Å²) in [6.45, 7) is 0.